The van der Waals surface area contributed by atoms with E-state index in [1.165, 1.54) is 12.8 Å². The summed E-state index contributed by atoms with van der Waals surface area (Å²) in [6.45, 7) is 4.07. The van der Waals surface area contributed by atoms with Crippen molar-refractivity contribution in [3.05, 3.63) is 35.2 Å². The fourth-order valence-electron chi connectivity index (χ4n) is 4.43. The number of carbonyl (C=O) groups excluding carboxylic acids is 1. The second kappa shape index (κ2) is 11.1. The molecule has 2 heterocycles. The van der Waals surface area contributed by atoms with Gasteiger partial charge in [0.25, 0.3) is 0 Å². The maximum atomic E-state index is 12.4. The molecule has 1 saturated heterocycles. The molecular weight excluding hydrogens is 422 g/mol. The molecule has 2 N–H and O–H groups in total. The number of piperidine rings is 1. The number of benzene rings is 1. The van der Waals surface area contributed by atoms with E-state index in [1.54, 1.807) is 6.07 Å². The van der Waals surface area contributed by atoms with Crippen molar-refractivity contribution < 1.29 is 24.3 Å². The highest BCUT2D eigenvalue weighted by atomic mass is 16.5. The van der Waals surface area contributed by atoms with Crippen molar-refractivity contribution in [1.29, 1.82) is 0 Å². The van der Waals surface area contributed by atoms with Crippen LogP contribution in [0.25, 0.3) is 0 Å². The second-order valence-corrected chi connectivity index (χ2v) is 9.47. The molecule has 2 aliphatic rings. The Hall–Kier alpha value is -2.45. The Morgan fingerprint density at radius 2 is 1.97 bits per heavy atom. The third-order valence-corrected chi connectivity index (χ3v) is 6.77. The highest BCUT2D eigenvalue weighted by Gasteiger charge is 2.30. The lowest BCUT2D eigenvalue weighted by atomic mass is 9.92. The fraction of sp³-hybridized carbons (Fsp3) is 0.640. The van der Waals surface area contributed by atoms with Gasteiger partial charge in [-0.2, -0.15) is 4.98 Å². The van der Waals surface area contributed by atoms with Crippen molar-refractivity contribution >= 4 is 11.8 Å². The SMILES string of the molecule is Cc1cc(OCCCC2CCN(c3nc(C4CC4)no3)CC2)ccc1C(=O)CC(CO)CO. The number of aliphatic hydroxyl groups excluding tert-OH is 2. The average Bonchev–Trinajstić information content (AvgIpc) is 3.57. The Bertz CT molecular complexity index is 915. The van der Waals surface area contributed by atoms with Crippen LogP contribution in [0.1, 0.15) is 72.6 Å². The largest absolute Gasteiger partial charge is 0.494 e. The maximum Gasteiger partial charge on any atom is 0.324 e. The average molecular weight is 458 g/mol. The zero-order chi connectivity index (χ0) is 23.2. The summed E-state index contributed by atoms with van der Waals surface area (Å²) in [7, 11) is 0. The molecule has 1 aromatic heterocycles. The van der Waals surface area contributed by atoms with E-state index >= 15 is 0 Å². The van der Waals surface area contributed by atoms with Gasteiger partial charge >= 0.3 is 6.01 Å². The van der Waals surface area contributed by atoms with Crippen LogP contribution in [0.5, 0.6) is 5.75 Å². The number of aromatic nitrogens is 2. The first kappa shape index (κ1) is 23.7. The van der Waals surface area contributed by atoms with Crippen LogP contribution >= 0.6 is 0 Å². The summed E-state index contributed by atoms with van der Waals surface area (Å²) in [5, 5.41) is 22.5. The van der Waals surface area contributed by atoms with Crippen molar-refractivity contribution in [3.8, 4) is 5.75 Å². The smallest absolute Gasteiger partial charge is 0.324 e. The van der Waals surface area contributed by atoms with Crippen molar-refractivity contribution in [3.63, 3.8) is 0 Å². The molecule has 1 aliphatic carbocycles. The van der Waals surface area contributed by atoms with E-state index in [9.17, 15) is 15.0 Å². The molecule has 0 unspecified atom stereocenters. The van der Waals surface area contributed by atoms with Crippen LogP contribution < -0.4 is 9.64 Å². The van der Waals surface area contributed by atoms with Crippen molar-refractivity contribution in [1.82, 2.24) is 10.1 Å². The van der Waals surface area contributed by atoms with Crippen LogP contribution in [0.15, 0.2) is 22.7 Å². The lowest BCUT2D eigenvalue weighted by molar-refractivity contribution is 0.0878. The highest BCUT2D eigenvalue weighted by molar-refractivity contribution is 5.97. The minimum absolute atomic E-state index is 0.0669. The normalized spacial score (nSPS) is 17.0. The molecule has 4 rings (SSSR count). The zero-order valence-electron chi connectivity index (χ0n) is 19.4. The van der Waals surface area contributed by atoms with E-state index in [0.29, 0.717) is 30.0 Å². The van der Waals surface area contributed by atoms with E-state index in [0.717, 1.165) is 55.9 Å². The number of nitrogens with zero attached hydrogens (tertiary/aromatic N) is 3. The topological polar surface area (TPSA) is 109 Å². The predicted molar refractivity (Wildman–Crippen MR) is 124 cm³/mol. The maximum absolute atomic E-state index is 12.4. The Kier molecular flexibility index (Phi) is 7.98. The van der Waals surface area contributed by atoms with Gasteiger partial charge < -0.3 is 24.4 Å². The molecule has 1 saturated carbocycles. The number of aryl methyl sites for hydroxylation is 1. The minimum Gasteiger partial charge on any atom is -0.494 e. The van der Waals surface area contributed by atoms with Gasteiger partial charge in [0.15, 0.2) is 11.6 Å². The molecule has 0 radical (unpaired) electrons. The quantitative estimate of drug-likeness (QED) is 0.368. The lowest BCUT2D eigenvalue weighted by Crippen LogP contribution is -2.34. The summed E-state index contributed by atoms with van der Waals surface area (Å²) in [6, 6.07) is 6.17. The number of anilines is 1. The van der Waals surface area contributed by atoms with E-state index in [4.69, 9.17) is 9.26 Å². The van der Waals surface area contributed by atoms with Gasteiger partial charge in [-0.3, -0.25) is 4.79 Å². The van der Waals surface area contributed by atoms with Gasteiger partial charge in [0.1, 0.15) is 5.75 Å². The van der Waals surface area contributed by atoms with Crippen LogP contribution in [0.2, 0.25) is 0 Å². The van der Waals surface area contributed by atoms with Gasteiger partial charge in [-0.25, -0.2) is 0 Å². The molecule has 0 bridgehead atoms. The first-order valence-electron chi connectivity index (χ1n) is 12.1. The molecule has 2 aromatic rings. The van der Waals surface area contributed by atoms with E-state index in [2.05, 4.69) is 15.0 Å². The number of rotatable bonds is 12. The van der Waals surface area contributed by atoms with E-state index in [-0.39, 0.29) is 25.4 Å². The highest BCUT2D eigenvalue weighted by Crippen LogP contribution is 2.39. The van der Waals surface area contributed by atoms with Gasteiger partial charge in [0, 0.05) is 50.1 Å². The number of aliphatic hydroxyl groups is 2. The zero-order valence-corrected chi connectivity index (χ0v) is 19.4. The van der Waals surface area contributed by atoms with Gasteiger partial charge in [-0.15, -0.1) is 0 Å². The van der Waals surface area contributed by atoms with Gasteiger partial charge in [-0.05, 0) is 75.1 Å². The molecule has 2 fully saturated rings. The Morgan fingerprint density at radius 1 is 1.21 bits per heavy atom. The van der Waals surface area contributed by atoms with Crippen LogP contribution in [-0.2, 0) is 0 Å². The van der Waals surface area contributed by atoms with Gasteiger partial charge in [0.2, 0.25) is 0 Å². The number of ketones is 1. The third kappa shape index (κ3) is 6.32. The Labute approximate surface area is 194 Å². The summed E-state index contributed by atoms with van der Waals surface area (Å²) in [6.07, 6.45) is 6.87. The van der Waals surface area contributed by atoms with Crippen LogP contribution in [-0.4, -0.2) is 59.0 Å². The van der Waals surface area contributed by atoms with E-state index < -0.39 is 5.92 Å². The summed E-state index contributed by atoms with van der Waals surface area (Å²) in [5.41, 5.74) is 1.47. The molecule has 8 heteroatoms. The number of ether oxygens (including phenoxy) is 1. The van der Waals surface area contributed by atoms with Crippen LogP contribution in [0.3, 0.4) is 0 Å². The van der Waals surface area contributed by atoms with Crippen LogP contribution in [0, 0.1) is 18.8 Å². The first-order valence-corrected chi connectivity index (χ1v) is 12.1. The van der Waals surface area contributed by atoms with E-state index in [1.807, 2.05) is 19.1 Å². The predicted octanol–water partition coefficient (Wildman–Crippen LogP) is 3.50. The number of hydrogen-bond donors (Lipinski definition) is 2. The molecule has 0 spiro atoms. The lowest BCUT2D eigenvalue weighted by Gasteiger charge is -2.30. The standard InChI is InChI=1S/C25H35N3O5/c1-17-13-21(6-7-22(17)23(31)14-19(15-29)16-30)32-12-2-3-18-8-10-28(11-9-18)25-26-24(27-33-25)20-4-5-20/h6-7,13,18-20,29-30H,2-5,8-12,14-16H2,1H3. The van der Waals surface area contributed by atoms with Gasteiger partial charge in [0.05, 0.1) is 6.61 Å². The van der Waals surface area contributed by atoms with Crippen LogP contribution in [0.4, 0.5) is 6.01 Å². The summed E-state index contributed by atoms with van der Waals surface area (Å²) < 4.78 is 11.4. The molecule has 180 valence electrons. The molecule has 0 amide bonds. The Balaban J connectivity index is 1.16. The minimum atomic E-state index is -0.410. The number of Topliss-reactive ketones (excluding diaryl/α,β-unsaturated/α-hetero) is 1. The molecule has 33 heavy (non-hydrogen) atoms. The first-order chi connectivity index (χ1) is 16.1. The molecule has 1 aliphatic heterocycles. The summed E-state index contributed by atoms with van der Waals surface area (Å²) in [5.74, 6) is 2.36. The third-order valence-electron chi connectivity index (χ3n) is 6.77. The summed E-state index contributed by atoms with van der Waals surface area (Å²) in [4.78, 5) is 19.2. The molecular formula is C25H35N3O5. The molecule has 8 nitrogen and oxygen atoms in total. The Morgan fingerprint density at radius 3 is 2.64 bits per heavy atom. The second-order valence-electron chi connectivity index (χ2n) is 9.47. The fourth-order valence-corrected chi connectivity index (χ4v) is 4.43. The summed E-state index contributed by atoms with van der Waals surface area (Å²) >= 11 is 0. The molecule has 1 aromatic carbocycles. The van der Waals surface area contributed by atoms with Crippen molar-refractivity contribution in [2.24, 2.45) is 11.8 Å². The number of hydrogen-bond acceptors (Lipinski definition) is 8. The number of carbonyl (C=O) groups is 1. The van der Waals surface area contributed by atoms with Crippen molar-refractivity contribution in [2.75, 3.05) is 37.8 Å². The monoisotopic (exact) mass is 457 g/mol. The van der Waals surface area contributed by atoms with Crippen molar-refractivity contribution in [2.45, 2.75) is 57.8 Å². The molecule has 0 atom stereocenters. The van der Waals surface area contributed by atoms with Gasteiger partial charge in [-0.1, -0.05) is 5.16 Å².